The first-order chi connectivity index (χ1) is 8.75. The molecule has 1 heterocycles. The van der Waals surface area contributed by atoms with E-state index < -0.39 is 11.8 Å². The number of hydrogen-bond donors (Lipinski definition) is 0. The van der Waals surface area contributed by atoms with Gasteiger partial charge in [0.25, 0.3) is 0 Å². The first kappa shape index (κ1) is 12.6. The zero-order valence-electron chi connectivity index (χ0n) is 9.38. The van der Waals surface area contributed by atoms with Crippen LogP contribution >= 0.6 is 11.8 Å². The van der Waals surface area contributed by atoms with Crippen molar-refractivity contribution in [2.45, 2.75) is 4.90 Å². The van der Waals surface area contributed by atoms with E-state index in [1.165, 1.54) is 23.9 Å². The van der Waals surface area contributed by atoms with Gasteiger partial charge >= 0.3 is 5.97 Å². The van der Waals surface area contributed by atoms with E-state index >= 15 is 0 Å². The van der Waals surface area contributed by atoms with Gasteiger partial charge in [-0.05, 0) is 24.3 Å². The second-order valence-corrected chi connectivity index (χ2v) is 4.42. The number of ether oxygens (including phenoxy) is 1. The number of esters is 1. The Bertz CT molecular complexity index is 534. The fraction of sp³-hybridized carbons (Fsp3) is 0.0769. The summed E-state index contributed by atoms with van der Waals surface area (Å²) in [6.45, 7) is 0. The Morgan fingerprint density at radius 3 is 2.67 bits per heavy atom. The van der Waals surface area contributed by atoms with Crippen LogP contribution in [0.15, 0.2) is 53.7 Å². The number of carbonyl (C=O) groups excluding carboxylic acids is 1. The topological polar surface area (TPSA) is 39.2 Å². The molecule has 0 aliphatic rings. The van der Waals surface area contributed by atoms with Crippen LogP contribution in [0.2, 0.25) is 0 Å². The number of halogens is 1. The molecule has 0 aliphatic carbocycles. The highest BCUT2D eigenvalue weighted by Crippen LogP contribution is 2.19. The van der Waals surface area contributed by atoms with Crippen molar-refractivity contribution in [2.75, 3.05) is 5.75 Å². The van der Waals surface area contributed by atoms with Crippen molar-refractivity contribution in [3.8, 4) is 5.75 Å². The largest absolute Gasteiger partial charge is 0.423 e. The summed E-state index contributed by atoms with van der Waals surface area (Å²) in [7, 11) is 0. The molecule has 3 nitrogen and oxygen atoms in total. The zero-order valence-corrected chi connectivity index (χ0v) is 10.2. The van der Waals surface area contributed by atoms with Gasteiger partial charge in [-0.1, -0.05) is 12.1 Å². The Kier molecular flexibility index (Phi) is 4.30. The van der Waals surface area contributed by atoms with Crippen molar-refractivity contribution in [1.82, 2.24) is 4.98 Å². The van der Waals surface area contributed by atoms with Crippen LogP contribution in [-0.4, -0.2) is 16.7 Å². The summed E-state index contributed by atoms with van der Waals surface area (Å²) in [6.07, 6.45) is 3.29. The summed E-state index contributed by atoms with van der Waals surface area (Å²) < 4.78 is 18.1. The first-order valence-electron chi connectivity index (χ1n) is 5.24. The van der Waals surface area contributed by atoms with Crippen LogP contribution in [0.1, 0.15) is 0 Å². The van der Waals surface area contributed by atoms with Crippen LogP contribution in [-0.2, 0) is 4.79 Å². The van der Waals surface area contributed by atoms with Crippen LogP contribution in [0, 0.1) is 5.82 Å². The van der Waals surface area contributed by atoms with Crippen molar-refractivity contribution in [3.05, 3.63) is 54.6 Å². The van der Waals surface area contributed by atoms with Gasteiger partial charge in [-0.3, -0.25) is 9.78 Å². The van der Waals surface area contributed by atoms with Crippen molar-refractivity contribution in [3.63, 3.8) is 0 Å². The number of aromatic nitrogens is 1. The minimum absolute atomic E-state index is 0.0437. The van der Waals surface area contributed by atoms with E-state index in [1.54, 1.807) is 36.7 Å². The average molecular weight is 263 g/mol. The summed E-state index contributed by atoms with van der Waals surface area (Å²) in [5, 5.41) is 0. The van der Waals surface area contributed by atoms with Crippen LogP contribution < -0.4 is 4.74 Å². The molecule has 0 unspecified atom stereocenters. The van der Waals surface area contributed by atoms with Crippen LogP contribution in [0.4, 0.5) is 4.39 Å². The van der Waals surface area contributed by atoms with Crippen molar-refractivity contribution < 1.29 is 13.9 Å². The van der Waals surface area contributed by atoms with Gasteiger partial charge in [-0.15, -0.1) is 11.8 Å². The molecule has 0 aliphatic heterocycles. The Hall–Kier alpha value is -1.88. The Morgan fingerprint density at radius 2 is 1.94 bits per heavy atom. The molecule has 0 spiro atoms. The van der Waals surface area contributed by atoms with Gasteiger partial charge in [-0.2, -0.15) is 0 Å². The molecule has 0 saturated heterocycles. The van der Waals surface area contributed by atoms with Crippen LogP contribution in [0.3, 0.4) is 0 Å². The lowest BCUT2D eigenvalue weighted by molar-refractivity contribution is -0.131. The van der Waals surface area contributed by atoms with E-state index in [0.29, 0.717) is 0 Å². The Balaban J connectivity index is 1.88. The minimum Gasteiger partial charge on any atom is -0.423 e. The third kappa shape index (κ3) is 3.56. The average Bonchev–Trinajstić information content (AvgIpc) is 2.40. The van der Waals surface area contributed by atoms with Gasteiger partial charge in [0.1, 0.15) is 0 Å². The maximum absolute atomic E-state index is 13.2. The molecule has 0 radical (unpaired) electrons. The maximum atomic E-state index is 13.2. The molecule has 0 N–H and O–H groups in total. The molecule has 1 aromatic heterocycles. The van der Waals surface area contributed by atoms with Crippen molar-refractivity contribution >= 4 is 17.7 Å². The standard InChI is InChI=1S/C13H10FNO2S/c14-11-3-1-2-4-12(11)17-13(16)9-18-10-5-7-15-8-6-10/h1-8H,9H2. The van der Waals surface area contributed by atoms with Gasteiger partial charge in [-0.25, -0.2) is 4.39 Å². The molecule has 0 saturated carbocycles. The van der Waals surface area contributed by atoms with E-state index in [4.69, 9.17) is 4.74 Å². The molecule has 0 amide bonds. The lowest BCUT2D eigenvalue weighted by atomic mass is 10.3. The van der Waals surface area contributed by atoms with Gasteiger partial charge in [0.15, 0.2) is 11.6 Å². The minimum atomic E-state index is -0.542. The Labute approximate surface area is 108 Å². The highest BCUT2D eigenvalue weighted by molar-refractivity contribution is 8.00. The first-order valence-corrected chi connectivity index (χ1v) is 6.22. The molecule has 18 heavy (non-hydrogen) atoms. The fourth-order valence-electron chi connectivity index (χ4n) is 1.26. The number of carbonyl (C=O) groups is 1. The SMILES string of the molecule is O=C(CSc1ccncc1)Oc1ccccc1F. The summed E-state index contributed by atoms with van der Waals surface area (Å²) in [5.74, 6) is -0.947. The highest BCUT2D eigenvalue weighted by atomic mass is 32.2. The van der Waals surface area contributed by atoms with Crippen LogP contribution in [0.5, 0.6) is 5.75 Å². The molecule has 5 heteroatoms. The third-order valence-corrected chi connectivity index (χ3v) is 3.05. The number of nitrogens with zero attached hydrogens (tertiary/aromatic N) is 1. The third-order valence-electron chi connectivity index (χ3n) is 2.07. The quantitative estimate of drug-likeness (QED) is 0.483. The summed E-state index contributed by atoms with van der Waals surface area (Å²) in [5.41, 5.74) is 0. The fourth-order valence-corrected chi connectivity index (χ4v) is 1.91. The highest BCUT2D eigenvalue weighted by Gasteiger charge is 2.09. The number of thioether (sulfide) groups is 1. The second kappa shape index (κ2) is 6.16. The summed E-state index contributed by atoms with van der Waals surface area (Å²) in [6, 6.07) is 9.41. The van der Waals surface area contributed by atoms with E-state index in [1.807, 2.05) is 0 Å². The smallest absolute Gasteiger partial charge is 0.321 e. The second-order valence-electron chi connectivity index (χ2n) is 3.38. The van der Waals surface area contributed by atoms with Crippen molar-refractivity contribution in [2.24, 2.45) is 0 Å². The molecular formula is C13H10FNO2S. The molecule has 0 fully saturated rings. The molecular weight excluding hydrogens is 253 g/mol. The normalized spacial score (nSPS) is 10.1. The van der Waals surface area contributed by atoms with E-state index in [0.717, 1.165) is 4.90 Å². The summed E-state index contributed by atoms with van der Waals surface area (Å²) >= 11 is 1.32. The van der Waals surface area contributed by atoms with Crippen molar-refractivity contribution in [1.29, 1.82) is 0 Å². The van der Waals surface area contributed by atoms with E-state index in [9.17, 15) is 9.18 Å². The van der Waals surface area contributed by atoms with Gasteiger partial charge in [0, 0.05) is 17.3 Å². The number of para-hydroxylation sites is 1. The van der Waals surface area contributed by atoms with Crippen LogP contribution in [0.25, 0.3) is 0 Å². The predicted octanol–water partition coefficient (Wildman–Crippen LogP) is 2.92. The van der Waals surface area contributed by atoms with Gasteiger partial charge in [0.05, 0.1) is 5.75 Å². The lowest BCUT2D eigenvalue weighted by Gasteiger charge is -2.04. The number of rotatable bonds is 4. The zero-order chi connectivity index (χ0) is 12.8. The molecule has 2 aromatic rings. The summed E-state index contributed by atoms with van der Waals surface area (Å²) in [4.78, 5) is 16.3. The lowest BCUT2D eigenvalue weighted by Crippen LogP contribution is -2.11. The monoisotopic (exact) mass is 263 g/mol. The van der Waals surface area contributed by atoms with E-state index in [2.05, 4.69) is 4.98 Å². The Morgan fingerprint density at radius 1 is 1.22 bits per heavy atom. The molecule has 0 atom stereocenters. The molecule has 0 bridgehead atoms. The molecule has 92 valence electrons. The number of hydrogen-bond acceptors (Lipinski definition) is 4. The number of benzene rings is 1. The maximum Gasteiger partial charge on any atom is 0.321 e. The predicted molar refractivity (Wildman–Crippen MR) is 67.0 cm³/mol. The number of pyridine rings is 1. The molecule has 2 rings (SSSR count). The molecule has 1 aromatic carbocycles. The van der Waals surface area contributed by atoms with Gasteiger partial charge < -0.3 is 4.74 Å². The van der Waals surface area contributed by atoms with E-state index in [-0.39, 0.29) is 11.5 Å². The van der Waals surface area contributed by atoms with Gasteiger partial charge in [0.2, 0.25) is 0 Å².